The number of aromatic nitrogens is 2. The van der Waals surface area contributed by atoms with Crippen molar-refractivity contribution in [2.24, 2.45) is 0 Å². The standard InChI is InChI=1S/C4H3N4O3/c5-3(9)2-4(8(10)11)7-1-6-2/h1,5H,(H,6,7). The molecule has 0 aliphatic heterocycles. The minimum atomic E-state index is -1.14. The Morgan fingerprint density at radius 3 is 2.82 bits per heavy atom. The Bertz CT molecular complexity index is 276. The fraction of sp³-hybridized carbons (Fsp3) is 0. The fourth-order valence-corrected chi connectivity index (χ4v) is 0.593. The number of carbonyl (C=O) groups is 1. The molecule has 0 aromatic carbocycles. The fourth-order valence-electron chi connectivity index (χ4n) is 0.593. The third-order valence-corrected chi connectivity index (χ3v) is 1.02. The first-order chi connectivity index (χ1) is 5.13. The van der Waals surface area contributed by atoms with Crippen molar-refractivity contribution >= 4 is 11.7 Å². The molecular formula is C4H3N4O3. The topological polar surface area (TPSA) is 113 Å². The molecule has 0 saturated heterocycles. The van der Waals surface area contributed by atoms with Crippen LogP contribution in [-0.4, -0.2) is 20.8 Å². The predicted molar refractivity (Wildman–Crippen MR) is 32.7 cm³/mol. The van der Waals surface area contributed by atoms with Gasteiger partial charge in [0, 0.05) is 0 Å². The number of nitro groups is 1. The van der Waals surface area contributed by atoms with E-state index >= 15 is 0 Å². The van der Waals surface area contributed by atoms with Crippen LogP contribution in [0.5, 0.6) is 0 Å². The molecule has 1 radical (unpaired) electrons. The minimum Gasteiger partial charge on any atom is -0.358 e. The van der Waals surface area contributed by atoms with E-state index in [1.54, 1.807) is 0 Å². The monoisotopic (exact) mass is 155 g/mol. The van der Waals surface area contributed by atoms with Crippen LogP contribution in [0.25, 0.3) is 0 Å². The lowest BCUT2D eigenvalue weighted by Gasteiger charge is -1.88. The molecule has 57 valence electrons. The van der Waals surface area contributed by atoms with Crippen LogP contribution < -0.4 is 5.73 Å². The third kappa shape index (κ3) is 1.16. The molecule has 1 aromatic heterocycles. The van der Waals surface area contributed by atoms with Gasteiger partial charge in [0.2, 0.25) is 12.0 Å². The van der Waals surface area contributed by atoms with Crippen molar-refractivity contribution in [3.63, 3.8) is 0 Å². The molecule has 11 heavy (non-hydrogen) atoms. The molecule has 7 nitrogen and oxygen atoms in total. The summed E-state index contributed by atoms with van der Waals surface area (Å²) in [6, 6.07) is 0. The van der Waals surface area contributed by atoms with E-state index in [0.29, 0.717) is 0 Å². The Hall–Kier alpha value is -1.92. The number of nitrogens with one attached hydrogen (secondary N) is 2. The van der Waals surface area contributed by atoms with Gasteiger partial charge in [0.05, 0.1) is 0 Å². The first-order valence-corrected chi connectivity index (χ1v) is 2.56. The summed E-state index contributed by atoms with van der Waals surface area (Å²) in [5, 5.41) is 10.1. The highest BCUT2D eigenvalue weighted by Crippen LogP contribution is 2.10. The van der Waals surface area contributed by atoms with Crippen LogP contribution in [0.2, 0.25) is 0 Å². The van der Waals surface area contributed by atoms with Crippen molar-refractivity contribution in [1.82, 2.24) is 15.7 Å². The van der Waals surface area contributed by atoms with Gasteiger partial charge in [-0.25, -0.2) is 0 Å². The van der Waals surface area contributed by atoms with Crippen molar-refractivity contribution < 1.29 is 9.72 Å². The summed E-state index contributed by atoms with van der Waals surface area (Å²) < 4.78 is 0. The average molecular weight is 155 g/mol. The van der Waals surface area contributed by atoms with Gasteiger partial charge in [-0.05, 0) is 9.91 Å². The first kappa shape index (κ1) is 7.19. The van der Waals surface area contributed by atoms with Crippen molar-refractivity contribution in [2.45, 2.75) is 0 Å². The van der Waals surface area contributed by atoms with Crippen molar-refractivity contribution in [1.29, 1.82) is 0 Å². The van der Waals surface area contributed by atoms with Gasteiger partial charge in [-0.2, -0.15) is 0 Å². The van der Waals surface area contributed by atoms with Crippen LogP contribution in [-0.2, 0) is 0 Å². The van der Waals surface area contributed by atoms with E-state index in [-0.39, 0.29) is 0 Å². The number of hydrogen-bond donors (Lipinski definition) is 1. The number of hydrogen-bond acceptors (Lipinski definition) is 4. The summed E-state index contributed by atoms with van der Waals surface area (Å²) in [5.41, 5.74) is 6.16. The van der Waals surface area contributed by atoms with Crippen LogP contribution in [0.15, 0.2) is 6.33 Å². The molecule has 0 bridgehead atoms. The zero-order valence-electron chi connectivity index (χ0n) is 5.20. The Kier molecular flexibility index (Phi) is 1.55. The SMILES string of the molecule is [NH]C(=O)c1[nH]cnc1[N+](=O)[O-]. The maximum absolute atomic E-state index is 10.3. The average Bonchev–Trinajstić information content (AvgIpc) is 2.32. The van der Waals surface area contributed by atoms with Crippen molar-refractivity contribution in [3.8, 4) is 0 Å². The second kappa shape index (κ2) is 2.37. The molecule has 0 aliphatic carbocycles. The number of aromatic amines is 1. The summed E-state index contributed by atoms with van der Waals surface area (Å²) >= 11 is 0. The van der Waals surface area contributed by atoms with Gasteiger partial charge in [0.1, 0.15) is 0 Å². The number of rotatable bonds is 2. The van der Waals surface area contributed by atoms with Gasteiger partial charge in [-0.1, -0.05) is 0 Å². The Balaban J connectivity index is 3.16. The molecule has 2 N–H and O–H groups in total. The molecule has 1 heterocycles. The quantitative estimate of drug-likeness (QED) is 0.468. The van der Waals surface area contributed by atoms with Gasteiger partial charge in [0.15, 0.2) is 0 Å². The molecule has 0 aliphatic rings. The van der Waals surface area contributed by atoms with Crippen molar-refractivity contribution in [2.75, 3.05) is 0 Å². The molecule has 1 amide bonds. The number of H-pyrrole nitrogens is 1. The number of amides is 1. The lowest BCUT2D eigenvalue weighted by Crippen LogP contribution is -2.03. The Morgan fingerprint density at radius 1 is 1.82 bits per heavy atom. The maximum Gasteiger partial charge on any atom is 0.394 e. The van der Waals surface area contributed by atoms with E-state index in [4.69, 9.17) is 5.73 Å². The van der Waals surface area contributed by atoms with E-state index < -0.39 is 22.3 Å². The van der Waals surface area contributed by atoms with Crippen LogP contribution >= 0.6 is 0 Å². The van der Waals surface area contributed by atoms with Gasteiger partial charge in [-0.3, -0.25) is 10.5 Å². The molecule has 1 rings (SSSR count). The van der Waals surface area contributed by atoms with Crippen LogP contribution in [0, 0.1) is 10.1 Å². The zero-order valence-corrected chi connectivity index (χ0v) is 5.20. The Labute approximate surface area is 60.4 Å². The van der Waals surface area contributed by atoms with E-state index in [2.05, 4.69) is 9.97 Å². The zero-order chi connectivity index (χ0) is 8.43. The third-order valence-electron chi connectivity index (χ3n) is 1.02. The number of nitrogens with zero attached hydrogens (tertiary/aromatic N) is 2. The van der Waals surface area contributed by atoms with E-state index in [9.17, 15) is 14.9 Å². The Morgan fingerprint density at radius 2 is 2.45 bits per heavy atom. The molecule has 0 fully saturated rings. The number of carbonyl (C=O) groups excluding carboxylic acids is 1. The maximum atomic E-state index is 10.3. The summed E-state index contributed by atoms with van der Waals surface area (Å²) in [4.78, 5) is 25.0. The summed E-state index contributed by atoms with van der Waals surface area (Å²) in [6.45, 7) is 0. The van der Waals surface area contributed by atoms with Gasteiger partial charge in [0.25, 0.3) is 5.91 Å². The van der Waals surface area contributed by atoms with Crippen LogP contribution in [0.1, 0.15) is 10.5 Å². The number of imidazole rings is 1. The molecule has 0 unspecified atom stereocenters. The lowest BCUT2D eigenvalue weighted by atomic mass is 10.4. The molecule has 1 aromatic rings. The molecule has 0 saturated carbocycles. The van der Waals surface area contributed by atoms with Gasteiger partial charge < -0.3 is 15.1 Å². The summed E-state index contributed by atoms with van der Waals surface area (Å²) in [7, 11) is 0. The second-order valence-electron chi connectivity index (χ2n) is 1.69. The molecule has 0 atom stereocenters. The van der Waals surface area contributed by atoms with Crippen LogP contribution in [0.3, 0.4) is 0 Å². The van der Waals surface area contributed by atoms with Crippen LogP contribution in [0.4, 0.5) is 5.82 Å². The van der Waals surface area contributed by atoms with Gasteiger partial charge >= 0.3 is 5.82 Å². The second-order valence-corrected chi connectivity index (χ2v) is 1.69. The predicted octanol–water partition coefficient (Wildman–Crippen LogP) is -0.259. The normalized spacial score (nSPS) is 9.45. The molecular weight excluding hydrogens is 152 g/mol. The largest absolute Gasteiger partial charge is 0.394 e. The highest BCUT2D eigenvalue weighted by molar-refractivity contribution is 5.93. The van der Waals surface area contributed by atoms with Gasteiger partial charge in [-0.15, -0.1) is 0 Å². The summed E-state index contributed by atoms with van der Waals surface area (Å²) in [6.07, 6.45) is 1.000. The first-order valence-electron chi connectivity index (χ1n) is 2.56. The van der Waals surface area contributed by atoms with Crippen molar-refractivity contribution in [3.05, 3.63) is 22.1 Å². The lowest BCUT2D eigenvalue weighted by molar-refractivity contribution is -0.389. The highest BCUT2D eigenvalue weighted by Gasteiger charge is 2.21. The molecule has 7 heteroatoms. The van der Waals surface area contributed by atoms with E-state index in [1.165, 1.54) is 0 Å². The minimum absolute atomic E-state index is 0.394. The van der Waals surface area contributed by atoms with E-state index in [0.717, 1.165) is 6.33 Å². The molecule has 0 spiro atoms. The van der Waals surface area contributed by atoms with E-state index in [1.807, 2.05) is 0 Å². The summed E-state index contributed by atoms with van der Waals surface area (Å²) in [5.74, 6) is -1.75. The smallest absolute Gasteiger partial charge is 0.358 e. The highest BCUT2D eigenvalue weighted by atomic mass is 16.6.